The van der Waals surface area contributed by atoms with E-state index in [1.807, 2.05) is 6.07 Å². The van der Waals surface area contributed by atoms with Crippen molar-refractivity contribution < 1.29 is 9.18 Å². The van der Waals surface area contributed by atoms with Crippen LogP contribution >= 0.6 is 0 Å². The third-order valence-electron chi connectivity index (χ3n) is 3.87. The van der Waals surface area contributed by atoms with E-state index in [4.69, 9.17) is 0 Å². The Bertz CT molecular complexity index is 465. The number of rotatable bonds is 3. The first-order valence-corrected chi connectivity index (χ1v) is 6.51. The number of hydrogen-bond acceptors (Lipinski definition) is 2. The van der Waals surface area contributed by atoms with Crippen molar-refractivity contribution in [2.45, 2.75) is 37.3 Å². The van der Waals surface area contributed by atoms with Crippen LogP contribution < -0.4 is 10.6 Å². The zero-order valence-electron chi connectivity index (χ0n) is 10.2. The van der Waals surface area contributed by atoms with Gasteiger partial charge in [0, 0.05) is 0 Å². The van der Waals surface area contributed by atoms with Gasteiger partial charge in [-0.15, -0.1) is 0 Å². The maximum atomic E-state index is 13.2. The fourth-order valence-electron chi connectivity index (χ4n) is 2.63. The van der Waals surface area contributed by atoms with E-state index in [0.29, 0.717) is 0 Å². The molecule has 0 spiro atoms. The van der Waals surface area contributed by atoms with Crippen LogP contribution in [0.3, 0.4) is 0 Å². The predicted octanol–water partition coefficient (Wildman–Crippen LogP) is 1.68. The topological polar surface area (TPSA) is 41.1 Å². The van der Waals surface area contributed by atoms with Crippen molar-refractivity contribution in [1.29, 1.82) is 0 Å². The minimum atomic E-state index is -0.316. The van der Waals surface area contributed by atoms with Gasteiger partial charge in [-0.05, 0) is 49.9 Å². The molecular formula is C14H17FN2O. The van der Waals surface area contributed by atoms with Crippen molar-refractivity contribution in [3.05, 3.63) is 35.6 Å². The summed E-state index contributed by atoms with van der Waals surface area (Å²) in [5, 5.41) is 6.27. The van der Waals surface area contributed by atoms with Crippen LogP contribution in [0.1, 0.15) is 31.2 Å². The Morgan fingerprint density at radius 2 is 2.28 bits per heavy atom. The molecule has 1 aromatic rings. The van der Waals surface area contributed by atoms with E-state index in [0.717, 1.165) is 37.8 Å². The third kappa shape index (κ3) is 2.12. The van der Waals surface area contributed by atoms with Crippen LogP contribution in [-0.2, 0) is 10.3 Å². The summed E-state index contributed by atoms with van der Waals surface area (Å²) in [4.78, 5) is 12.1. The molecule has 18 heavy (non-hydrogen) atoms. The second kappa shape index (κ2) is 4.35. The zero-order chi connectivity index (χ0) is 12.6. The van der Waals surface area contributed by atoms with Gasteiger partial charge < -0.3 is 10.6 Å². The highest BCUT2D eigenvalue weighted by atomic mass is 19.1. The fraction of sp³-hybridized carbons (Fsp3) is 0.500. The number of hydrogen-bond donors (Lipinski definition) is 2. The third-order valence-corrected chi connectivity index (χ3v) is 3.87. The SMILES string of the molecule is O=C(NC1(c2cccc(F)c2)CC1)C1CCCN1. The van der Waals surface area contributed by atoms with Crippen LogP contribution in [0.4, 0.5) is 4.39 Å². The van der Waals surface area contributed by atoms with Gasteiger partial charge in [0.05, 0.1) is 11.6 Å². The lowest BCUT2D eigenvalue weighted by Crippen LogP contribution is -2.45. The summed E-state index contributed by atoms with van der Waals surface area (Å²) in [6.45, 7) is 0.908. The standard InChI is InChI=1S/C14H17FN2O/c15-11-4-1-3-10(9-11)14(6-7-14)17-13(18)12-5-2-8-16-12/h1,3-4,9,12,16H,2,5-8H2,(H,17,18). The fourth-order valence-corrected chi connectivity index (χ4v) is 2.63. The normalized spacial score (nSPS) is 24.8. The predicted molar refractivity (Wildman–Crippen MR) is 66.5 cm³/mol. The number of carbonyl (C=O) groups is 1. The smallest absolute Gasteiger partial charge is 0.237 e. The molecule has 0 radical (unpaired) electrons. The molecule has 0 bridgehead atoms. The zero-order valence-corrected chi connectivity index (χ0v) is 10.2. The summed E-state index contributed by atoms with van der Waals surface area (Å²) in [6.07, 6.45) is 3.74. The van der Waals surface area contributed by atoms with Gasteiger partial charge in [-0.3, -0.25) is 4.79 Å². The van der Waals surface area contributed by atoms with Crippen molar-refractivity contribution in [2.24, 2.45) is 0 Å². The van der Waals surface area contributed by atoms with Crippen LogP contribution in [0, 0.1) is 5.82 Å². The van der Waals surface area contributed by atoms with Gasteiger partial charge in [0.2, 0.25) is 5.91 Å². The lowest BCUT2D eigenvalue weighted by Gasteiger charge is -2.20. The second-order valence-corrected chi connectivity index (χ2v) is 5.23. The van der Waals surface area contributed by atoms with E-state index in [2.05, 4.69) is 10.6 Å². The molecule has 1 aliphatic carbocycles. The van der Waals surface area contributed by atoms with Crippen molar-refractivity contribution in [3.63, 3.8) is 0 Å². The van der Waals surface area contributed by atoms with Crippen LogP contribution in [0.25, 0.3) is 0 Å². The Kier molecular flexibility index (Phi) is 2.82. The number of nitrogens with one attached hydrogen (secondary N) is 2. The van der Waals surface area contributed by atoms with E-state index >= 15 is 0 Å². The lowest BCUT2D eigenvalue weighted by molar-refractivity contribution is -0.123. The Morgan fingerprint density at radius 1 is 1.44 bits per heavy atom. The molecule has 3 rings (SSSR count). The van der Waals surface area contributed by atoms with Crippen molar-refractivity contribution in [2.75, 3.05) is 6.54 Å². The molecule has 1 heterocycles. The van der Waals surface area contributed by atoms with Crippen molar-refractivity contribution >= 4 is 5.91 Å². The van der Waals surface area contributed by atoms with Crippen LogP contribution in [0.5, 0.6) is 0 Å². The number of amides is 1. The lowest BCUT2D eigenvalue weighted by atomic mass is 10.0. The molecule has 0 aromatic heterocycles. The molecule has 1 saturated heterocycles. The number of carbonyl (C=O) groups excluding carboxylic acids is 1. The van der Waals surface area contributed by atoms with E-state index < -0.39 is 0 Å². The Labute approximate surface area is 106 Å². The molecule has 96 valence electrons. The highest BCUT2D eigenvalue weighted by Gasteiger charge is 2.46. The summed E-state index contributed by atoms with van der Waals surface area (Å²) in [7, 11) is 0. The summed E-state index contributed by atoms with van der Waals surface area (Å²) < 4.78 is 13.2. The average molecular weight is 248 g/mol. The minimum absolute atomic E-state index is 0.0502. The molecule has 4 heteroatoms. The first-order chi connectivity index (χ1) is 8.70. The summed E-state index contributed by atoms with van der Waals surface area (Å²) in [5.74, 6) is -0.193. The van der Waals surface area contributed by atoms with Gasteiger partial charge in [0.1, 0.15) is 5.82 Å². The first kappa shape index (κ1) is 11.7. The highest BCUT2D eigenvalue weighted by Crippen LogP contribution is 2.45. The minimum Gasteiger partial charge on any atom is -0.345 e. The summed E-state index contributed by atoms with van der Waals surface area (Å²) >= 11 is 0. The van der Waals surface area contributed by atoms with E-state index in [9.17, 15) is 9.18 Å². The Hall–Kier alpha value is -1.42. The molecular weight excluding hydrogens is 231 g/mol. The number of halogens is 1. The maximum absolute atomic E-state index is 13.2. The molecule has 1 saturated carbocycles. The van der Waals surface area contributed by atoms with Gasteiger partial charge in [-0.1, -0.05) is 12.1 Å². The molecule has 2 aliphatic rings. The first-order valence-electron chi connectivity index (χ1n) is 6.51. The van der Waals surface area contributed by atoms with Crippen LogP contribution in [0.2, 0.25) is 0 Å². The Balaban J connectivity index is 1.73. The molecule has 1 aliphatic heterocycles. The monoisotopic (exact) mass is 248 g/mol. The summed E-state index contributed by atoms with van der Waals surface area (Å²) in [6, 6.07) is 6.47. The van der Waals surface area contributed by atoms with Gasteiger partial charge in [0.25, 0.3) is 0 Å². The van der Waals surface area contributed by atoms with E-state index in [-0.39, 0.29) is 23.3 Å². The highest BCUT2D eigenvalue weighted by molar-refractivity contribution is 5.83. The quantitative estimate of drug-likeness (QED) is 0.854. The molecule has 2 fully saturated rings. The summed E-state index contributed by atoms with van der Waals surface area (Å²) in [5.41, 5.74) is 0.567. The molecule has 1 amide bonds. The van der Waals surface area contributed by atoms with Gasteiger partial charge >= 0.3 is 0 Å². The average Bonchev–Trinajstić information content (AvgIpc) is 2.93. The maximum Gasteiger partial charge on any atom is 0.237 e. The Morgan fingerprint density at radius 3 is 2.89 bits per heavy atom. The molecule has 1 unspecified atom stereocenters. The van der Waals surface area contributed by atoms with Crippen molar-refractivity contribution in [1.82, 2.24) is 10.6 Å². The van der Waals surface area contributed by atoms with Crippen LogP contribution in [-0.4, -0.2) is 18.5 Å². The van der Waals surface area contributed by atoms with Gasteiger partial charge in [0.15, 0.2) is 0 Å². The van der Waals surface area contributed by atoms with Gasteiger partial charge in [-0.25, -0.2) is 4.39 Å². The molecule has 2 N–H and O–H groups in total. The van der Waals surface area contributed by atoms with E-state index in [1.54, 1.807) is 6.07 Å². The largest absolute Gasteiger partial charge is 0.345 e. The molecule has 3 nitrogen and oxygen atoms in total. The molecule has 1 atom stereocenters. The van der Waals surface area contributed by atoms with Crippen LogP contribution in [0.15, 0.2) is 24.3 Å². The van der Waals surface area contributed by atoms with E-state index in [1.165, 1.54) is 12.1 Å². The second-order valence-electron chi connectivity index (χ2n) is 5.23. The van der Waals surface area contributed by atoms with Crippen molar-refractivity contribution in [3.8, 4) is 0 Å². The van der Waals surface area contributed by atoms with Gasteiger partial charge in [-0.2, -0.15) is 0 Å². The molecule has 1 aromatic carbocycles. The number of benzene rings is 1.